The third-order valence-electron chi connectivity index (χ3n) is 5.48. The first-order valence-electron chi connectivity index (χ1n) is 10.0. The number of aryl methyl sites for hydroxylation is 2. The lowest BCUT2D eigenvalue weighted by Gasteiger charge is -2.32. The minimum absolute atomic E-state index is 0.465. The molecule has 0 saturated carbocycles. The van der Waals surface area contributed by atoms with Gasteiger partial charge in [0.05, 0.1) is 6.20 Å². The van der Waals surface area contributed by atoms with Crippen molar-refractivity contribution < 1.29 is 0 Å². The van der Waals surface area contributed by atoms with Crippen molar-refractivity contribution in [3.05, 3.63) is 52.6 Å². The Labute approximate surface area is 170 Å². The quantitative estimate of drug-likeness (QED) is 0.665. The van der Waals surface area contributed by atoms with Gasteiger partial charge < -0.3 is 5.32 Å². The second-order valence-electron chi connectivity index (χ2n) is 7.53. The molecule has 4 rings (SSSR count). The summed E-state index contributed by atoms with van der Waals surface area (Å²) in [6.07, 6.45) is 6.25. The molecule has 7 heteroatoms. The van der Waals surface area contributed by atoms with Gasteiger partial charge in [-0.2, -0.15) is 5.10 Å². The molecule has 4 heterocycles. The van der Waals surface area contributed by atoms with Crippen LogP contribution >= 0.6 is 11.3 Å². The van der Waals surface area contributed by atoms with Crippen molar-refractivity contribution in [3.8, 4) is 0 Å². The Morgan fingerprint density at radius 3 is 2.93 bits per heavy atom. The van der Waals surface area contributed by atoms with Crippen LogP contribution in [0.25, 0.3) is 0 Å². The Morgan fingerprint density at radius 2 is 2.18 bits per heavy atom. The molecule has 1 fully saturated rings. The lowest BCUT2D eigenvalue weighted by atomic mass is 9.93. The Kier molecular flexibility index (Phi) is 5.73. The van der Waals surface area contributed by atoms with E-state index in [4.69, 9.17) is 4.98 Å². The SMILES string of the molecule is CCn1ncc(CN2CCC[C@H](c3cc(Nc4nccs4)cc(C)n3)C2)c1C. The maximum atomic E-state index is 4.86. The number of hydrogen-bond acceptors (Lipinski definition) is 6. The van der Waals surface area contributed by atoms with E-state index in [1.165, 1.54) is 29.8 Å². The van der Waals surface area contributed by atoms with Crippen LogP contribution < -0.4 is 5.32 Å². The van der Waals surface area contributed by atoms with Crippen LogP contribution in [0.1, 0.15) is 48.3 Å². The van der Waals surface area contributed by atoms with E-state index in [9.17, 15) is 0 Å². The van der Waals surface area contributed by atoms with Crippen molar-refractivity contribution >= 4 is 22.2 Å². The van der Waals surface area contributed by atoms with Crippen LogP contribution in [0, 0.1) is 13.8 Å². The first-order chi connectivity index (χ1) is 13.6. The van der Waals surface area contributed by atoms with Gasteiger partial charge in [0.2, 0.25) is 0 Å². The van der Waals surface area contributed by atoms with Gasteiger partial charge in [0, 0.05) is 65.5 Å². The number of aromatic nitrogens is 4. The fourth-order valence-electron chi connectivity index (χ4n) is 4.02. The predicted octanol–water partition coefficient (Wildman–Crippen LogP) is 4.49. The molecule has 6 nitrogen and oxygen atoms in total. The molecule has 0 bridgehead atoms. The van der Waals surface area contributed by atoms with Crippen LogP contribution in [-0.4, -0.2) is 37.7 Å². The summed E-state index contributed by atoms with van der Waals surface area (Å²) in [4.78, 5) is 11.7. The highest BCUT2D eigenvalue weighted by Gasteiger charge is 2.24. The third-order valence-corrected chi connectivity index (χ3v) is 6.17. The molecule has 1 aliphatic heterocycles. The van der Waals surface area contributed by atoms with Gasteiger partial charge in [-0.1, -0.05) is 0 Å². The van der Waals surface area contributed by atoms with Crippen LogP contribution in [0.5, 0.6) is 0 Å². The van der Waals surface area contributed by atoms with Gasteiger partial charge in [-0.3, -0.25) is 14.6 Å². The maximum Gasteiger partial charge on any atom is 0.187 e. The molecule has 1 atom stereocenters. The fraction of sp³-hybridized carbons (Fsp3) is 0.476. The van der Waals surface area contributed by atoms with Crippen molar-refractivity contribution in [1.82, 2.24) is 24.6 Å². The number of nitrogens with zero attached hydrogens (tertiary/aromatic N) is 5. The van der Waals surface area contributed by atoms with Crippen LogP contribution in [0.15, 0.2) is 29.9 Å². The summed E-state index contributed by atoms with van der Waals surface area (Å²) in [6.45, 7) is 10.5. The molecule has 0 aromatic carbocycles. The van der Waals surface area contributed by atoms with E-state index in [1.807, 2.05) is 17.8 Å². The van der Waals surface area contributed by atoms with Crippen molar-refractivity contribution in [2.45, 2.75) is 52.6 Å². The molecule has 0 amide bonds. The smallest absolute Gasteiger partial charge is 0.187 e. The summed E-state index contributed by atoms with van der Waals surface area (Å²) in [7, 11) is 0. The number of piperidine rings is 1. The number of anilines is 2. The lowest BCUT2D eigenvalue weighted by molar-refractivity contribution is 0.198. The minimum atomic E-state index is 0.465. The topological polar surface area (TPSA) is 58.9 Å². The molecule has 148 valence electrons. The van der Waals surface area contributed by atoms with Gasteiger partial charge in [0.15, 0.2) is 5.13 Å². The van der Waals surface area contributed by atoms with Gasteiger partial charge in [-0.05, 0) is 52.3 Å². The van der Waals surface area contributed by atoms with E-state index in [-0.39, 0.29) is 0 Å². The largest absolute Gasteiger partial charge is 0.331 e. The zero-order valence-electron chi connectivity index (χ0n) is 16.9. The van der Waals surface area contributed by atoms with Crippen LogP contribution in [-0.2, 0) is 13.1 Å². The number of hydrogen-bond donors (Lipinski definition) is 1. The molecule has 0 spiro atoms. The zero-order valence-corrected chi connectivity index (χ0v) is 17.7. The molecule has 1 aliphatic rings. The van der Waals surface area contributed by atoms with Gasteiger partial charge in [-0.25, -0.2) is 4.98 Å². The van der Waals surface area contributed by atoms with Crippen LogP contribution in [0.4, 0.5) is 10.8 Å². The Bertz CT molecular complexity index is 917. The molecule has 3 aromatic rings. The van der Waals surface area contributed by atoms with Crippen molar-refractivity contribution in [2.24, 2.45) is 0 Å². The average Bonchev–Trinajstić information content (AvgIpc) is 3.32. The number of thiazole rings is 1. The summed E-state index contributed by atoms with van der Waals surface area (Å²) >= 11 is 1.61. The van der Waals surface area contributed by atoms with Gasteiger partial charge >= 0.3 is 0 Å². The van der Waals surface area contributed by atoms with E-state index in [0.717, 1.165) is 42.7 Å². The van der Waals surface area contributed by atoms with Crippen LogP contribution in [0.3, 0.4) is 0 Å². The van der Waals surface area contributed by atoms with Gasteiger partial charge in [-0.15, -0.1) is 11.3 Å². The van der Waals surface area contributed by atoms with Crippen LogP contribution in [0.2, 0.25) is 0 Å². The van der Waals surface area contributed by atoms with E-state index < -0.39 is 0 Å². The minimum Gasteiger partial charge on any atom is -0.331 e. The Hall–Kier alpha value is -2.25. The van der Waals surface area contributed by atoms with Gasteiger partial charge in [0.25, 0.3) is 0 Å². The maximum absolute atomic E-state index is 4.86. The summed E-state index contributed by atoms with van der Waals surface area (Å²) in [6, 6.07) is 4.29. The van der Waals surface area contributed by atoms with E-state index in [0.29, 0.717) is 5.92 Å². The molecule has 3 aromatic heterocycles. The molecular formula is C21H28N6S. The highest BCUT2D eigenvalue weighted by Crippen LogP contribution is 2.30. The fourth-order valence-corrected chi connectivity index (χ4v) is 4.57. The normalized spacial score (nSPS) is 17.8. The highest BCUT2D eigenvalue weighted by molar-refractivity contribution is 7.13. The first-order valence-corrected chi connectivity index (χ1v) is 10.9. The number of rotatable bonds is 6. The second-order valence-corrected chi connectivity index (χ2v) is 8.42. The van der Waals surface area contributed by atoms with E-state index in [1.54, 1.807) is 11.3 Å². The monoisotopic (exact) mass is 396 g/mol. The Balaban J connectivity index is 1.48. The summed E-state index contributed by atoms with van der Waals surface area (Å²) in [5.74, 6) is 0.465. The lowest BCUT2D eigenvalue weighted by Crippen LogP contribution is -2.34. The number of nitrogens with one attached hydrogen (secondary N) is 1. The predicted molar refractivity (Wildman–Crippen MR) is 114 cm³/mol. The van der Waals surface area contributed by atoms with Crippen molar-refractivity contribution in [2.75, 3.05) is 18.4 Å². The molecule has 28 heavy (non-hydrogen) atoms. The van der Waals surface area contributed by atoms with Crippen molar-refractivity contribution in [3.63, 3.8) is 0 Å². The molecule has 1 saturated heterocycles. The number of likely N-dealkylation sites (tertiary alicyclic amines) is 1. The highest BCUT2D eigenvalue weighted by atomic mass is 32.1. The molecule has 0 unspecified atom stereocenters. The molecular weight excluding hydrogens is 368 g/mol. The molecule has 0 radical (unpaired) electrons. The number of pyridine rings is 1. The molecule has 1 N–H and O–H groups in total. The first kappa shape index (κ1) is 19.1. The van der Waals surface area contributed by atoms with E-state index in [2.05, 4.69) is 57.9 Å². The standard InChI is InChI=1S/C21H28N6S/c1-4-27-16(3)18(12-23-27)14-26-8-5-6-17(13-26)20-11-19(10-15(2)24-20)25-21-22-7-9-28-21/h7,9-12,17H,4-6,8,13-14H2,1-3H3,(H,22,24,25)/t17-/m0/s1. The second kappa shape index (κ2) is 8.41. The summed E-state index contributed by atoms with van der Waals surface area (Å²) in [5, 5.41) is 10.8. The Morgan fingerprint density at radius 1 is 1.29 bits per heavy atom. The zero-order chi connectivity index (χ0) is 19.5. The summed E-state index contributed by atoms with van der Waals surface area (Å²) < 4.78 is 2.08. The third kappa shape index (κ3) is 4.25. The average molecular weight is 397 g/mol. The van der Waals surface area contributed by atoms with E-state index >= 15 is 0 Å². The summed E-state index contributed by atoms with van der Waals surface area (Å²) in [5.41, 5.74) is 5.94. The van der Waals surface area contributed by atoms with Crippen molar-refractivity contribution in [1.29, 1.82) is 0 Å². The molecule has 0 aliphatic carbocycles. The van der Waals surface area contributed by atoms with Gasteiger partial charge in [0.1, 0.15) is 0 Å².